The van der Waals surface area contributed by atoms with E-state index in [2.05, 4.69) is 2.60 Å². The van der Waals surface area contributed by atoms with Crippen LogP contribution >= 0.6 is 7.82 Å². The van der Waals surface area contributed by atoms with E-state index >= 15 is 0 Å². The van der Waals surface area contributed by atoms with Crippen LogP contribution in [0.15, 0.2) is 0 Å². The molecule has 0 aliphatic carbocycles. The summed E-state index contributed by atoms with van der Waals surface area (Å²) in [6, 6.07) is 0. The van der Waals surface area contributed by atoms with Crippen LogP contribution in [0.5, 0.6) is 0 Å². The smallest absolute Gasteiger partial charge is 0 e. The molecule has 0 saturated carbocycles. The summed E-state index contributed by atoms with van der Waals surface area (Å²) >= 11 is 0.388. The molecular weight excluding hydrogens is 352 g/mol. The zero-order valence-corrected chi connectivity index (χ0v) is 10.8. The van der Waals surface area contributed by atoms with Crippen LogP contribution in [-0.4, -0.2) is 9.79 Å². The first-order valence-electron chi connectivity index (χ1n) is 0.969. The maximum Gasteiger partial charge on any atom is 0 e. The Bertz CT molecular complexity index is 84.6. The summed E-state index contributed by atoms with van der Waals surface area (Å²) < 4.78 is 13.2. The van der Waals surface area contributed by atoms with Gasteiger partial charge in [-0.25, -0.2) is 0 Å². The molecule has 0 unspecified atom stereocenters. The number of rotatable bonds is 1. The summed E-state index contributed by atoms with van der Waals surface area (Å²) in [4.78, 5) is 15.5. The van der Waals surface area contributed by atoms with E-state index in [1.165, 1.54) is 0 Å². The van der Waals surface area contributed by atoms with Crippen molar-refractivity contribution in [2.24, 2.45) is 0 Å². The Balaban J connectivity index is -0.0000000417. The van der Waals surface area contributed by atoms with Crippen molar-refractivity contribution in [3.8, 4) is 0 Å². The molecule has 0 rings (SSSR count). The van der Waals surface area contributed by atoms with Crippen molar-refractivity contribution in [1.29, 1.82) is 0 Å². The molecule has 0 amide bonds. The molecule has 9 heteroatoms. The van der Waals surface area contributed by atoms with Crippen LogP contribution in [0.4, 0.5) is 0 Å². The van der Waals surface area contributed by atoms with Crippen LogP contribution in [-0.2, 0) is 87.3 Å². The molecule has 58 valence electrons. The Labute approximate surface area is 104 Å². The summed E-state index contributed by atoms with van der Waals surface area (Å²) in [5, 5.41) is 0. The maximum absolute atomic E-state index is 9.49. The fourth-order valence-corrected chi connectivity index (χ4v) is 0. The van der Waals surface area contributed by atoms with Gasteiger partial charge in [0.25, 0.3) is 0 Å². The molecule has 9 heavy (non-hydrogen) atoms. The molecule has 0 aliphatic heterocycles. The number of phosphoric acid groups is 1. The Morgan fingerprint density at radius 3 is 1.56 bits per heavy atom. The van der Waals surface area contributed by atoms with E-state index in [1.54, 1.807) is 0 Å². The van der Waals surface area contributed by atoms with Crippen molar-refractivity contribution >= 4 is 7.82 Å². The summed E-state index contributed by atoms with van der Waals surface area (Å²) in [7, 11) is -4.11. The average molecular weight is 354 g/mol. The number of hydrogen-bond acceptors (Lipinski definition) is 2. The molecule has 0 heterocycles. The minimum Gasteiger partial charge on any atom is 0 e. The van der Waals surface area contributed by atoms with E-state index < -0.39 is 7.82 Å². The van der Waals surface area contributed by atoms with Gasteiger partial charge in [-0.2, -0.15) is 0 Å². The van der Waals surface area contributed by atoms with E-state index in [9.17, 15) is 4.57 Å². The van der Waals surface area contributed by atoms with Gasteiger partial charge < -0.3 is 0 Å². The van der Waals surface area contributed by atoms with E-state index in [0.717, 1.165) is 0 Å². The molecule has 0 atom stereocenters. The third kappa shape index (κ3) is 24.9. The van der Waals surface area contributed by atoms with Crippen molar-refractivity contribution in [3.05, 3.63) is 0 Å². The van der Waals surface area contributed by atoms with Crippen LogP contribution in [0.3, 0.4) is 0 Å². The molecule has 0 fully saturated rings. The van der Waals surface area contributed by atoms with Crippen molar-refractivity contribution in [3.63, 3.8) is 0 Å². The predicted octanol–water partition coefficient (Wildman–Crippen LogP) is -0.450. The second-order valence-electron chi connectivity index (χ2n) is 0.582. The first kappa shape index (κ1) is 22.6. The Morgan fingerprint density at radius 1 is 1.44 bits per heavy atom. The second-order valence-corrected chi connectivity index (χ2v) is 3.09. The molecule has 0 aromatic heterocycles. The first-order chi connectivity index (χ1) is 2.56. The van der Waals surface area contributed by atoms with E-state index in [4.69, 9.17) is 9.79 Å². The third-order valence-corrected chi connectivity index (χ3v) is 2.11. The van der Waals surface area contributed by atoms with Gasteiger partial charge in [-0.1, -0.05) is 0 Å². The van der Waals surface area contributed by atoms with Gasteiger partial charge in [0.15, 0.2) is 0 Å². The van der Waals surface area contributed by atoms with Crippen molar-refractivity contribution < 1.29 is 97.1 Å². The van der Waals surface area contributed by atoms with Gasteiger partial charge in [-0.05, 0) is 0 Å². The molecule has 1 radical (unpaired) electrons. The van der Waals surface area contributed by atoms with Gasteiger partial charge in [0, 0.05) is 55.0 Å². The fraction of sp³-hybridized carbons (Fsp3) is 0. The van der Waals surface area contributed by atoms with Crippen LogP contribution in [0.25, 0.3) is 0 Å². The van der Waals surface area contributed by atoms with E-state index in [0.29, 0.717) is 25.2 Å². The molecule has 4 nitrogen and oxygen atoms in total. The van der Waals surface area contributed by atoms with Crippen LogP contribution in [0.2, 0.25) is 0 Å². The van der Waals surface area contributed by atoms with Crippen molar-refractivity contribution in [2.45, 2.75) is 0 Å². The molecule has 0 aliphatic rings. The minimum atomic E-state index is -4.11. The van der Waals surface area contributed by atoms with Gasteiger partial charge in [0.2, 0.25) is 0 Å². The van der Waals surface area contributed by atoms with Crippen LogP contribution in [0, 0.1) is 0 Å². The topological polar surface area (TPSA) is 66.8 Å². The Morgan fingerprint density at radius 2 is 1.56 bits per heavy atom. The minimum absolute atomic E-state index is 0. The van der Waals surface area contributed by atoms with Gasteiger partial charge >= 0.3 is 49.9 Å². The largest absolute Gasteiger partial charge is 0 e. The summed E-state index contributed by atoms with van der Waals surface area (Å²) in [5.74, 6) is 0. The van der Waals surface area contributed by atoms with Crippen LogP contribution < -0.4 is 0 Å². The Hall–Kier alpha value is 2.71. The monoisotopic (exact) mass is 352 g/mol. The third-order valence-electron chi connectivity index (χ3n) is 0.119. The van der Waals surface area contributed by atoms with Crippen molar-refractivity contribution in [1.82, 2.24) is 0 Å². The maximum atomic E-state index is 9.49. The molecular formula is H2CoNiO4PTiZr. The standard InChI is InChI=1S/Co.Ni.H3O4P.Ti.Zr/c;;1-5(2,3)4;;/h;;(H3,1,2,3,4);;/q;;;;+1/p-1. The second kappa shape index (κ2) is 10.7. The predicted molar refractivity (Wildman–Crippen MR) is 13.1 cm³/mol. The summed E-state index contributed by atoms with van der Waals surface area (Å²) in [6.07, 6.45) is 0. The zero-order chi connectivity index (χ0) is 5.21. The molecule has 2 N–H and O–H groups in total. The van der Waals surface area contributed by atoms with Crippen molar-refractivity contribution in [2.75, 3.05) is 0 Å². The van der Waals surface area contributed by atoms with Gasteiger partial charge in [-0.15, -0.1) is 0 Å². The fourth-order valence-electron chi connectivity index (χ4n) is 0. The molecule has 0 saturated heterocycles. The zero-order valence-electron chi connectivity index (χ0n) is 3.81. The Kier molecular flexibility index (Phi) is 26.9. The van der Waals surface area contributed by atoms with Gasteiger partial charge in [-0.3, -0.25) is 0 Å². The normalized spacial score (nSPS) is 7.67. The average Bonchev–Trinajstić information content (AvgIpc) is 1.35. The van der Waals surface area contributed by atoms with Gasteiger partial charge in [0.05, 0.1) is 0 Å². The summed E-state index contributed by atoms with van der Waals surface area (Å²) in [5.41, 5.74) is 0. The molecule has 0 spiro atoms. The molecule has 0 bridgehead atoms. The molecule has 0 aromatic rings. The molecule has 0 aromatic carbocycles. The summed E-state index contributed by atoms with van der Waals surface area (Å²) in [6.45, 7) is 0. The first-order valence-corrected chi connectivity index (χ1v) is 3.50. The number of hydrogen-bond donors (Lipinski definition) is 2. The quantitative estimate of drug-likeness (QED) is 0.495. The van der Waals surface area contributed by atoms with E-state index in [-0.39, 0.29) is 55.0 Å². The van der Waals surface area contributed by atoms with Crippen LogP contribution in [0.1, 0.15) is 0 Å². The SMILES string of the molecule is O=P(O)(O)[O][Zr].[Co].[Ni].[Ti]. The van der Waals surface area contributed by atoms with E-state index in [1.807, 2.05) is 0 Å². The van der Waals surface area contributed by atoms with Gasteiger partial charge in [0.1, 0.15) is 0 Å².